The largest absolute Gasteiger partial charge is 0.372 e. The lowest BCUT2D eigenvalue weighted by molar-refractivity contribution is 0.436. The van der Waals surface area contributed by atoms with Gasteiger partial charge in [-0.25, -0.2) is 0 Å². The van der Waals surface area contributed by atoms with Crippen LogP contribution in [0.5, 0.6) is 0 Å². The molecule has 2 aliphatic carbocycles. The average molecular weight is 218 g/mol. The van der Waals surface area contributed by atoms with E-state index in [2.05, 4.69) is 16.8 Å². The molecule has 0 radical (unpaired) electrons. The molecular weight excluding hydrogens is 196 g/mol. The van der Waals surface area contributed by atoms with Crippen LogP contribution in [-0.4, -0.2) is 6.67 Å². The van der Waals surface area contributed by atoms with E-state index in [1.807, 2.05) is 11.1 Å². The van der Waals surface area contributed by atoms with Gasteiger partial charge in [0, 0.05) is 11.9 Å². The van der Waals surface area contributed by atoms with E-state index in [9.17, 15) is 0 Å². The number of rotatable bonds is 2. The highest BCUT2D eigenvalue weighted by molar-refractivity contribution is 5.24. The molecule has 0 fully saturated rings. The second-order valence-corrected chi connectivity index (χ2v) is 5.36. The van der Waals surface area contributed by atoms with E-state index in [1.165, 1.54) is 57.1 Å². The van der Waals surface area contributed by atoms with Gasteiger partial charge in [0.25, 0.3) is 0 Å². The number of hydrogen-bond donors (Lipinski definition) is 2. The first-order chi connectivity index (χ1) is 7.93. The molecule has 88 valence electrons. The van der Waals surface area contributed by atoms with E-state index >= 15 is 0 Å². The Hall–Kier alpha value is -0.920. The normalized spacial score (nSPS) is 29.2. The molecule has 1 heterocycles. The summed E-state index contributed by atoms with van der Waals surface area (Å²) in [6.45, 7) is 0.925. The molecule has 0 amide bonds. The Labute approximate surface area is 98.2 Å². The van der Waals surface area contributed by atoms with E-state index in [4.69, 9.17) is 0 Å². The predicted molar refractivity (Wildman–Crippen MR) is 66.7 cm³/mol. The Bertz CT molecular complexity index is 324. The van der Waals surface area contributed by atoms with Gasteiger partial charge in [-0.3, -0.25) is 0 Å². The number of hydrogen-bond acceptors (Lipinski definition) is 2. The van der Waals surface area contributed by atoms with Gasteiger partial charge in [-0.2, -0.15) is 0 Å². The standard InChI is InChI=1S/C14H22N2/c1-2-7-14-11(4-1)5-3-6-12(14)8-13-9-15-10-16-13/h9,12,15-16H,1-8,10H2. The zero-order chi connectivity index (χ0) is 10.8. The quantitative estimate of drug-likeness (QED) is 0.696. The lowest BCUT2D eigenvalue weighted by Crippen LogP contribution is -2.20. The fourth-order valence-corrected chi connectivity index (χ4v) is 3.52. The van der Waals surface area contributed by atoms with Crippen molar-refractivity contribution < 1.29 is 0 Å². The maximum Gasteiger partial charge on any atom is 0.0843 e. The topological polar surface area (TPSA) is 24.1 Å². The summed E-state index contributed by atoms with van der Waals surface area (Å²) in [5, 5.41) is 6.67. The summed E-state index contributed by atoms with van der Waals surface area (Å²) < 4.78 is 0. The van der Waals surface area contributed by atoms with Crippen molar-refractivity contribution in [2.24, 2.45) is 5.92 Å². The minimum atomic E-state index is 0.850. The molecule has 1 aliphatic heterocycles. The molecule has 0 aromatic heterocycles. The van der Waals surface area contributed by atoms with Gasteiger partial charge in [-0.1, -0.05) is 11.1 Å². The zero-order valence-corrected chi connectivity index (χ0v) is 10.0. The molecule has 0 saturated carbocycles. The van der Waals surface area contributed by atoms with Crippen LogP contribution in [0.2, 0.25) is 0 Å². The molecule has 2 N–H and O–H groups in total. The molecule has 2 nitrogen and oxygen atoms in total. The maximum absolute atomic E-state index is 3.43. The second-order valence-electron chi connectivity index (χ2n) is 5.36. The van der Waals surface area contributed by atoms with Crippen LogP contribution in [0.4, 0.5) is 0 Å². The first-order valence-electron chi connectivity index (χ1n) is 6.80. The Kier molecular flexibility index (Phi) is 2.90. The SMILES string of the molecule is C1=C(CC2CCCC3=C2CCCC3)NCN1. The Balaban J connectivity index is 1.73. The first-order valence-corrected chi connectivity index (χ1v) is 6.80. The molecule has 1 unspecified atom stereocenters. The lowest BCUT2D eigenvalue weighted by atomic mass is 9.74. The molecule has 2 heteroatoms. The molecule has 0 aromatic rings. The van der Waals surface area contributed by atoms with Crippen LogP contribution >= 0.6 is 0 Å². The van der Waals surface area contributed by atoms with Gasteiger partial charge >= 0.3 is 0 Å². The molecule has 1 atom stereocenters. The van der Waals surface area contributed by atoms with Gasteiger partial charge in [-0.05, 0) is 57.3 Å². The van der Waals surface area contributed by atoms with E-state index in [0.717, 1.165) is 12.6 Å². The van der Waals surface area contributed by atoms with E-state index in [-0.39, 0.29) is 0 Å². The molecule has 16 heavy (non-hydrogen) atoms. The van der Waals surface area contributed by atoms with Crippen molar-refractivity contribution in [2.45, 2.75) is 51.4 Å². The van der Waals surface area contributed by atoms with Crippen molar-refractivity contribution in [1.82, 2.24) is 10.6 Å². The van der Waals surface area contributed by atoms with E-state index in [1.54, 1.807) is 0 Å². The Morgan fingerprint density at radius 3 is 2.88 bits per heavy atom. The van der Waals surface area contributed by atoms with Crippen molar-refractivity contribution in [3.05, 3.63) is 23.0 Å². The zero-order valence-electron chi connectivity index (χ0n) is 10.0. The highest BCUT2D eigenvalue weighted by atomic mass is 15.1. The third kappa shape index (κ3) is 1.98. The van der Waals surface area contributed by atoms with E-state index < -0.39 is 0 Å². The van der Waals surface area contributed by atoms with Crippen LogP contribution in [0.1, 0.15) is 51.4 Å². The van der Waals surface area contributed by atoms with Crippen LogP contribution in [0.3, 0.4) is 0 Å². The van der Waals surface area contributed by atoms with Crippen LogP contribution in [0, 0.1) is 5.92 Å². The molecule has 3 rings (SSSR count). The molecule has 3 aliphatic rings. The lowest BCUT2D eigenvalue weighted by Gasteiger charge is -2.32. The summed E-state index contributed by atoms with van der Waals surface area (Å²) in [4.78, 5) is 0. The van der Waals surface area contributed by atoms with Gasteiger partial charge in [0.05, 0.1) is 6.67 Å². The van der Waals surface area contributed by atoms with Crippen molar-refractivity contribution in [1.29, 1.82) is 0 Å². The van der Waals surface area contributed by atoms with Gasteiger partial charge in [0.1, 0.15) is 0 Å². The fraction of sp³-hybridized carbons (Fsp3) is 0.714. The third-order valence-electron chi connectivity index (χ3n) is 4.31. The summed E-state index contributed by atoms with van der Waals surface area (Å²) >= 11 is 0. The van der Waals surface area contributed by atoms with Crippen molar-refractivity contribution >= 4 is 0 Å². The van der Waals surface area contributed by atoms with Crippen molar-refractivity contribution in [2.75, 3.05) is 6.67 Å². The molecular formula is C14H22N2. The highest BCUT2D eigenvalue weighted by Gasteiger charge is 2.25. The first kappa shape index (κ1) is 10.2. The van der Waals surface area contributed by atoms with Crippen molar-refractivity contribution in [3.8, 4) is 0 Å². The second kappa shape index (κ2) is 4.52. The summed E-state index contributed by atoms with van der Waals surface area (Å²) in [5.41, 5.74) is 5.09. The molecule has 0 spiro atoms. The average Bonchev–Trinajstić information content (AvgIpc) is 2.82. The Morgan fingerprint density at radius 1 is 1.12 bits per heavy atom. The smallest absolute Gasteiger partial charge is 0.0843 e. The highest BCUT2D eigenvalue weighted by Crippen LogP contribution is 2.41. The van der Waals surface area contributed by atoms with Crippen LogP contribution in [0.25, 0.3) is 0 Å². The fourth-order valence-electron chi connectivity index (χ4n) is 3.52. The van der Waals surface area contributed by atoms with Crippen LogP contribution < -0.4 is 10.6 Å². The number of nitrogens with one attached hydrogen (secondary N) is 2. The van der Waals surface area contributed by atoms with Crippen molar-refractivity contribution in [3.63, 3.8) is 0 Å². The minimum absolute atomic E-state index is 0.850. The van der Waals surface area contributed by atoms with Crippen LogP contribution in [0.15, 0.2) is 23.0 Å². The summed E-state index contributed by atoms with van der Waals surface area (Å²) in [7, 11) is 0. The summed E-state index contributed by atoms with van der Waals surface area (Å²) in [6.07, 6.45) is 13.3. The maximum atomic E-state index is 3.43. The van der Waals surface area contributed by atoms with Gasteiger partial charge < -0.3 is 10.6 Å². The summed E-state index contributed by atoms with van der Waals surface area (Å²) in [6, 6.07) is 0. The van der Waals surface area contributed by atoms with Gasteiger partial charge in [0.15, 0.2) is 0 Å². The van der Waals surface area contributed by atoms with Gasteiger partial charge in [0.2, 0.25) is 0 Å². The third-order valence-corrected chi connectivity index (χ3v) is 4.31. The molecule has 0 saturated heterocycles. The molecule has 0 aromatic carbocycles. The monoisotopic (exact) mass is 218 g/mol. The number of allylic oxidation sites excluding steroid dienone is 3. The predicted octanol–water partition coefficient (Wildman–Crippen LogP) is 3.04. The Morgan fingerprint density at radius 2 is 2.00 bits per heavy atom. The van der Waals surface area contributed by atoms with Gasteiger partial charge in [-0.15, -0.1) is 0 Å². The molecule has 0 bridgehead atoms. The summed E-state index contributed by atoms with van der Waals surface area (Å²) in [5.74, 6) is 0.850. The minimum Gasteiger partial charge on any atom is -0.372 e. The van der Waals surface area contributed by atoms with Crippen LogP contribution in [-0.2, 0) is 0 Å². The van der Waals surface area contributed by atoms with E-state index in [0.29, 0.717) is 0 Å².